The maximum atomic E-state index is 13.9. The molecule has 0 aromatic heterocycles. The first kappa shape index (κ1) is 24.2. The molecular weight excluding hydrogens is 425 g/mol. The number of carbonyl (C=O) groups excluding carboxylic acids is 3. The lowest BCUT2D eigenvalue weighted by Crippen LogP contribution is -2.60. The Hall–Kier alpha value is -3.42. The molecule has 0 radical (unpaired) electrons. The first-order valence-electron chi connectivity index (χ1n) is 10.9. The Morgan fingerprint density at radius 2 is 1.76 bits per heavy atom. The molecule has 2 aromatic carbocycles. The molecule has 0 spiro atoms. The summed E-state index contributed by atoms with van der Waals surface area (Å²) in [4.78, 5) is 41.5. The van der Waals surface area contributed by atoms with Crippen LogP contribution >= 0.6 is 0 Å². The van der Waals surface area contributed by atoms with Crippen molar-refractivity contribution < 1.29 is 23.5 Å². The van der Waals surface area contributed by atoms with Gasteiger partial charge in [0.2, 0.25) is 17.7 Å². The first-order chi connectivity index (χ1) is 15.6. The average Bonchev–Trinajstić information content (AvgIpc) is 2.79. The van der Waals surface area contributed by atoms with Gasteiger partial charge in [0, 0.05) is 26.6 Å². The van der Waals surface area contributed by atoms with Crippen LogP contribution in [0.2, 0.25) is 0 Å². The highest BCUT2D eigenvalue weighted by Crippen LogP contribution is 2.28. The lowest BCUT2D eigenvalue weighted by molar-refractivity contribution is -0.146. The van der Waals surface area contributed by atoms with Gasteiger partial charge < -0.3 is 19.9 Å². The fraction of sp³-hybridized carbons (Fsp3) is 0.400. The number of piperazine rings is 1. The van der Waals surface area contributed by atoms with E-state index in [9.17, 15) is 18.8 Å². The van der Waals surface area contributed by atoms with Crippen molar-refractivity contribution in [3.63, 3.8) is 0 Å². The molecule has 8 heteroatoms. The minimum atomic E-state index is -1.19. The standard InChI is InChI=1S/C25H30FN3O4/c1-17(30)29-14-13-28(16-22(29)18-9-11-20(33-4)12-10-18)24(32)25(2,3)27-23(31)15-19-7-5-6-8-21(19)26/h5-12,22H,13-16H2,1-4H3,(H,27,31)/t22-/m1/s1. The van der Waals surface area contributed by atoms with Crippen LogP contribution in [0.1, 0.15) is 37.9 Å². The Bertz CT molecular complexity index is 1020. The van der Waals surface area contributed by atoms with Crippen LogP contribution < -0.4 is 10.1 Å². The van der Waals surface area contributed by atoms with Crippen LogP contribution in [-0.2, 0) is 20.8 Å². The Morgan fingerprint density at radius 3 is 2.36 bits per heavy atom. The molecule has 0 bridgehead atoms. The number of nitrogens with zero attached hydrogens (tertiary/aromatic N) is 2. The Kier molecular flexibility index (Phi) is 7.36. The molecule has 0 unspecified atom stereocenters. The predicted octanol–water partition coefficient (Wildman–Crippen LogP) is 2.70. The SMILES string of the molecule is COc1ccc([C@H]2CN(C(=O)C(C)(C)NC(=O)Cc3ccccc3F)CCN2C(C)=O)cc1. The van der Waals surface area contributed by atoms with Gasteiger partial charge in [0.1, 0.15) is 17.1 Å². The highest BCUT2D eigenvalue weighted by Gasteiger charge is 2.38. The number of hydrogen-bond donors (Lipinski definition) is 1. The molecule has 1 heterocycles. The first-order valence-corrected chi connectivity index (χ1v) is 10.9. The van der Waals surface area contributed by atoms with Gasteiger partial charge in [-0.25, -0.2) is 4.39 Å². The fourth-order valence-electron chi connectivity index (χ4n) is 4.11. The van der Waals surface area contributed by atoms with Gasteiger partial charge >= 0.3 is 0 Å². The number of methoxy groups -OCH3 is 1. The molecule has 2 aromatic rings. The van der Waals surface area contributed by atoms with Crippen LogP contribution in [0, 0.1) is 5.82 Å². The van der Waals surface area contributed by atoms with E-state index in [1.807, 2.05) is 24.3 Å². The van der Waals surface area contributed by atoms with Crippen molar-refractivity contribution in [1.29, 1.82) is 0 Å². The smallest absolute Gasteiger partial charge is 0.247 e. The highest BCUT2D eigenvalue weighted by atomic mass is 19.1. The molecule has 176 valence electrons. The number of rotatable bonds is 6. The third-order valence-electron chi connectivity index (χ3n) is 5.87. The van der Waals surface area contributed by atoms with Gasteiger partial charge in [0.25, 0.3) is 0 Å². The second kappa shape index (κ2) is 10.0. The van der Waals surface area contributed by atoms with E-state index >= 15 is 0 Å². The number of hydrogen-bond acceptors (Lipinski definition) is 4. The number of amides is 3. The summed E-state index contributed by atoms with van der Waals surface area (Å²) >= 11 is 0. The number of halogens is 1. The van der Waals surface area contributed by atoms with Gasteiger partial charge in [0.05, 0.1) is 19.6 Å². The summed E-state index contributed by atoms with van der Waals surface area (Å²) in [6, 6.07) is 13.2. The predicted molar refractivity (Wildman–Crippen MR) is 122 cm³/mol. The van der Waals surface area contributed by atoms with Gasteiger partial charge in [-0.3, -0.25) is 14.4 Å². The van der Waals surface area contributed by atoms with Gasteiger partial charge in [-0.05, 0) is 43.2 Å². The molecule has 1 N–H and O–H groups in total. The van der Waals surface area contributed by atoms with Gasteiger partial charge in [-0.2, -0.15) is 0 Å². The third kappa shape index (κ3) is 5.69. The molecule has 1 saturated heterocycles. The van der Waals surface area contributed by atoms with Crippen LogP contribution in [-0.4, -0.2) is 59.8 Å². The number of nitrogens with one attached hydrogen (secondary N) is 1. The Balaban J connectivity index is 1.72. The maximum absolute atomic E-state index is 13.9. The molecule has 0 saturated carbocycles. The third-order valence-corrected chi connectivity index (χ3v) is 5.87. The van der Waals surface area contributed by atoms with Crippen molar-refractivity contribution >= 4 is 17.7 Å². The van der Waals surface area contributed by atoms with E-state index < -0.39 is 17.3 Å². The van der Waals surface area contributed by atoms with E-state index in [4.69, 9.17) is 4.74 Å². The Labute approximate surface area is 193 Å². The summed E-state index contributed by atoms with van der Waals surface area (Å²) in [5.74, 6) is -0.519. The Morgan fingerprint density at radius 1 is 1.09 bits per heavy atom. The average molecular weight is 456 g/mol. The number of ether oxygens (including phenoxy) is 1. The number of carbonyl (C=O) groups is 3. The second-order valence-electron chi connectivity index (χ2n) is 8.69. The highest BCUT2D eigenvalue weighted by molar-refractivity contribution is 5.91. The minimum absolute atomic E-state index is 0.0691. The van der Waals surface area contributed by atoms with Crippen LogP contribution in [0.3, 0.4) is 0 Å². The molecule has 0 aliphatic carbocycles. The van der Waals surface area contributed by atoms with Crippen molar-refractivity contribution in [2.45, 2.75) is 38.8 Å². The zero-order chi connectivity index (χ0) is 24.2. The zero-order valence-electron chi connectivity index (χ0n) is 19.4. The van der Waals surface area contributed by atoms with E-state index in [0.29, 0.717) is 25.4 Å². The van der Waals surface area contributed by atoms with Crippen LogP contribution in [0.5, 0.6) is 5.75 Å². The number of benzene rings is 2. The lowest BCUT2D eigenvalue weighted by Gasteiger charge is -2.43. The van der Waals surface area contributed by atoms with Crippen LogP contribution in [0.25, 0.3) is 0 Å². The molecule has 33 heavy (non-hydrogen) atoms. The molecular formula is C25H30FN3O4. The van der Waals surface area contributed by atoms with Crippen molar-refractivity contribution in [2.75, 3.05) is 26.7 Å². The molecule has 3 amide bonds. The van der Waals surface area contributed by atoms with Crippen molar-refractivity contribution in [1.82, 2.24) is 15.1 Å². The molecule has 1 fully saturated rings. The van der Waals surface area contributed by atoms with Crippen molar-refractivity contribution in [3.8, 4) is 5.75 Å². The van der Waals surface area contributed by atoms with E-state index in [1.54, 1.807) is 49.0 Å². The maximum Gasteiger partial charge on any atom is 0.247 e. The summed E-state index contributed by atoms with van der Waals surface area (Å²) in [5.41, 5.74) is -0.0247. The van der Waals surface area contributed by atoms with Gasteiger partial charge in [0.15, 0.2) is 0 Å². The van der Waals surface area contributed by atoms with E-state index in [-0.39, 0.29) is 29.8 Å². The topological polar surface area (TPSA) is 79.0 Å². The quantitative estimate of drug-likeness (QED) is 0.727. The van der Waals surface area contributed by atoms with E-state index in [1.165, 1.54) is 13.0 Å². The fourth-order valence-corrected chi connectivity index (χ4v) is 4.11. The van der Waals surface area contributed by atoms with Crippen molar-refractivity contribution in [2.24, 2.45) is 0 Å². The monoisotopic (exact) mass is 455 g/mol. The van der Waals surface area contributed by atoms with Crippen LogP contribution in [0.15, 0.2) is 48.5 Å². The summed E-state index contributed by atoms with van der Waals surface area (Å²) in [7, 11) is 1.58. The van der Waals surface area contributed by atoms with Gasteiger partial charge in [-0.1, -0.05) is 30.3 Å². The van der Waals surface area contributed by atoms with E-state index in [0.717, 1.165) is 5.56 Å². The van der Waals surface area contributed by atoms with Crippen LogP contribution in [0.4, 0.5) is 4.39 Å². The summed E-state index contributed by atoms with van der Waals surface area (Å²) in [5, 5.41) is 2.74. The molecule has 1 aliphatic rings. The molecule has 7 nitrogen and oxygen atoms in total. The molecule has 1 aliphatic heterocycles. The minimum Gasteiger partial charge on any atom is -0.497 e. The zero-order valence-corrected chi connectivity index (χ0v) is 19.4. The largest absolute Gasteiger partial charge is 0.497 e. The van der Waals surface area contributed by atoms with E-state index in [2.05, 4.69) is 5.32 Å². The molecule has 3 rings (SSSR count). The molecule has 1 atom stereocenters. The van der Waals surface area contributed by atoms with Crippen molar-refractivity contribution in [3.05, 3.63) is 65.5 Å². The lowest BCUT2D eigenvalue weighted by atomic mass is 9.98. The normalized spacial score (nSPS) is 16.3. The summed E-state index contributed by atoms with van der Waals surface area (Å²) in [6.07, 6.45) is -0.157. The summed E-state index contributed by atoms with van der Waals surface area (Å²) < 4.78 is 19.1. The van der Waals surface area contributed by atoms with Gasteiger partial charge in [-0.15, -0.1) is 0 Å². The summed E-state index contributed by atoms with van der Waals surface area (Å²) in [6.45, 7) is 5.83. The second-order valence-corrected chi connectivity index (χ2v) is 8.69.